The summed E-state index contributed by atoms with van der Waals surface area (Å²) in [5, 5.41) is 7.77. The van der Waals surface area contributed by atoms with Crippen LogP contribution in [0.3, 0.4) is 0 Å². The third kappa shape index (κ3) is 2.79. The van der Waals surface area contributed by atoms with E-state index in [4.69, 9.17) is 0 Å². The van der Waals surface area contributed by atoms with E-state index in [1.54, 1.807) is 6.20 Å². The smallest absolute Gasteiger partial charge is 0.0531 e. The molecule has 1 atom stereocenters. The fourth-order valence-electron chi connectivity index (χ4n) is 1.90. The van der Waals surface area contributed by atoms with Gasteiger partial charge in [-0.1, -0.05) is 34.1 Å². The average Bonchev–Trinajstić information content (AvgIpc) is 2.14. The second-order valence-corrected chi connectivity index (χ2v) is 4.88. The minimum Gasteiger partial charge on any atom is -0.159 e. The molecule has 1 rings (SSSR count). The monoisotopic (exact) mass is 192 g/mol. The largest absolute Gasteiger partial charge is 0.159 e. The lowest BCUT2D eigenvalue weighted by molar-refractivity contribution is 0.302. The number of aromatic nitrogens is 2. The van der Waals surface area contributed by atoms with Crippen molar-refractivity contribution in [2.75, 3.05) is 0 Å². The van der Waals surface area contributed by atoms with Crippen LogP contribution in [0.4, 0.5) is 0 Å². The predicted molar refractivity (Wildman–Crippen MR) is 59.1 cm³/mol. The van der Waals surface area contributed by atoms with Gasteiger partial charge in [0.05, 0.1) is 6.20 Å². The van der Waals surface area contributed by atoms with Crippen molar-refractivity contribution >= 4 is 0 Å². The standard InChI is InChI=1S/C12H20N2/c1-5-6-11(12(2,3)4)10-7-8-13-14-9-10/h7-9,11H,5-6H2,1-4H3. The van der Waals surface area contributed by atoms with Crippen molar-refractivity contribution in [3.05, 3.63) is 24.0 Å². The lowest BCUT2D eigenvalue weighted by atomic mass is 9.75. The maximum atomic E-state index is 3.95. The van der Waals surface area contributed by atoms with Gasteiger partial charge in [0.25, 0.3) is 0 Å². The van der Waals surface area contributed by atoms with Crippen molar-refractivity contribution in [2.24, 2.45) is 5.41 Å². The first-order valence-electron chi connectivity index (χ1n) is 5.32. The summed E-state index contributed by atoms with van der Waals surface area (Å²) in [5.41, 5.74) is 1.62. The SMILES string of the molecule is CCCC(c1ccnnc1)C(C)(C)C. The molecule has 0 aliphatic rings. The number of hydrogen-bond acceptors (Lipinski definition) is 2. The molecule has 0 saturated heterocycles. The topological polar surface area (TPSA) is 25.8 Å². The van der Waals surface area contributed by atoms with Gasteiger partial charge in [-0.15, -0.1) is 0 Å². The summed E-state index contributed by atoms with van der Waals surface area (Å²) >= 11 is 0. The normalized spacial score (nSPS) is 14.0. The van der Waals surface area contributed by atoms with Gasteiger partial charge in [-0.25, -0.2) is 0 Å². The van der Waals surface area contributed by atoms with E-state index in [1.165, 1.54) is 18.4 Å². The molecule has 0 N–H and O–H groups in total. The van der Waals surface area contributed by atoms with Crippen LogP contribution >= 0.6 is 0 Å². The van der Waals surface area contributed by atoms with Gasteiger partial charge in [0.15, 0.2) is 0 Å². The van der Waals surface area contributed by atoms with E-state index >= 15 is 0 Å². The van der Waals surface area contributed by atoms with Crippen molar-refractivity contribution in [1.82, 2.24) is 10.2 Å². The van der Waals surface area contributed by atoms with Gasteiger partial charge < -0.3 is 0 Å². The maximum Gasteiger partial charge on any atom is 0.0531 e. The number of nitrogens with zero attached hydrogens (tertiary/aromatic N) is 2. The highest BCUT2D eigenvalue weighted by Gasteiger charge is 2.25. The number of hydrogen-bond donors (Lipinski definition) is 0. The molecule has 2 nitrogen and oxygen atoms in total. The Balaban J connectivity index is 2.89. The molecule has 14 heavy (non-hydrogen) atoms. The Kier molecular flexibility index (Phi) is 3.62. The van der Waals surface area contributed by atoms with Gasteiger partial charge in [0.1, 0.15) is 0 Å². The van der Waals surface area contributed by atoms with E-state index in [0.29, 0.717) is 11.3 Å². The fourth-order valence-corrected chi connectivity index (χ4v) is 1.90. The molecule has 1 unspecified atom stereocenters. The Morgan fingerprint density at radius 1 is 1.29 bits per heavy atom. The molecular formula is C12H20N2. The van der Waals surface area contributed by atoms with Crippen LogP contribution in [-0.4, -0.2) is 10.2 Å². The van der Waals surface area contributed by atoms with Crippen LogP contribution in [0.25, 0.3) is 0 Å². The van der Waals surface area contributed by atoms with Crippen LogP contribution < -0.4 is 0 Å². The summed E-state index contributed by atoms with van der Waals surface area (Å²) in [7, 11) is 0. The van der Waals surface area contributed by atoms with Crippen LogP contribution in [0.1, 0.15) is 52.0 Å². The van der Waals surface area contributed by atoms with Gasteiger partial charge in [-0.2, -0.15) is 10.2 Å². The Labute approximate surface area is 86.8 Å². The van der Waals surface area contributed by atoms with Gasteiger partial charge in [-0.05, 0) is 29.4 Å². The third-order valence-corrected chi connectivity index (χ3v) is 2.63. The maximum absolute atomic E-state index is 3.95. The van der Waals surface area contributed by atoms with E-state index in [1.807, 2.05) is 6.20 Å². The van der Waals surface area contributed by atoms with Crippen molar-refractivity contribution in [3.8, 4) is 0 Å². The molecule has 0 aliphatic carbocycles. The molecule has 1 aromatic heterocycles. The fraction of sp³-hybridized carbons (Fsp3) is 0.667. The molecule has 78 valence electrons. The molecule has 0 aromatic carbocycles. The first-order chi connectivity index (χ1) is 6.55. The molecule has 2 heteroatoms. The quantitative estimate of drug-likeness (QED) is 0.733. The molecule has 0 radical (unpaired) electrons. The molecule has 0 aliphatic heterocycles. The van der Waals surface area contributed by atoms with Gasteiger partial charge in [-0.3, -0.25) is 0 Å². The minimum atomic E-state index is 0.305. The predicted octanol–water partition coefficient (Wildman–Crippen LogP) is 3.41. The highest BCUT2D eigenvalue weighted by Crippen LogP contribution is 2.37. The van der Waals surface area contributed by atoms with Crippen LogP contribution in [-0.2, 0) is 0 Å². The first kappa shape index (κ1) is 11.2. The van der Waals surface area contributed by atoms with E-state index in [0.717, 1.165) is 0 Å². The zero-order chi connectivity index (χ0) is 10.6. The summed E-state index contributed by atoms with van der Waals surface area (Å²) < 4.78 is 0. The summed E-state index contributed by atoms with van der Waals surface area (Å²) in [5.74, 6) is 0.586. The van der Waals surface area contributed by atoms with Crippen LogP contribution in [0.5, 0.6) is 0 Å². The van der Waals surface area contributed by atoms with Crippen LogP contribution in [0.15, 0.2) is 18.5 Å². The molecule has 1 heterocycles. The van der Waals surface area contributed by atoms with Crippen molar-refractivity contribution in [3.63, 3.8) is 0 Å². The summed E-state index contributed by atoms with van der Waals surface area (Å²) in [4.78, 5) is 0. The summed E-state index contributed by atoms with van der Waals surface area (Å²) in [6.45, 7) is 9.09. The molecule has 0 bridgehead atoms. The zero-order valence-corrected chi connectivity index (χ0v) is 9.62. The summed E-state index contributed by atoms with van der Waals surface area (Å²) in [6.07, 6.45) is 6.11. The molecule has 0 amide bonds. The van der Waals surface area contributed by atoms with Gasteiger partial charge in [0, 0.05) is 6.20 Å². The van der Waals surface area contributed by atoms with E-state index < -0.39 is 0 Å². The van der Waals surface area contributed by atoms with Crippen molar-refractivity contribution < 1.29 is 0 Å². The van der Waals surface area contributed by atoms with Crippen LogP contribution in [0.2, 0.25) is 0 Å². The van der Waals surface area contributed by atoms with Crippen LogP contribution in [0, 0.1) is 5.41 Å². The second kappa shape index (κ2) is 4.54. The Bertz CT molecular complexity index is 261. The minimum absolute atomic E-state index is 0.305. The lowest BCUT2D eigenvalue weighted by Crippen LogP contribution is -2.18. The van der Waals surface area contributed by atoms with Crippen molar-refractivity contribution in [1.29, 1.82) is 0 Å². The first-order valence-corrected chi connectivity index (χ1v) is 5.32. The highest BCUT2D eigenvalue weighted by molar-refractivity contribution is 5.15. The average molecular weight is 192 g/mol. The molecular weight excluding hydrogens is 172 g/mol. The summed E-state index contributed by atoms with van der Waals surface area (Å²) in [6, 6.07) is 2.08. The molecule has 1 aromatic rings. The molecule has 0 spiro atoms. The molecule has 0 saturated carbocycles. The number of rotatable bonds is 3. The van der Waals surface area contributed by atoms with Gasteiger partial charge >= 0.3 is 0 Å². The third-order valence-electron chi connectivity index (χ3n) is 2.63. The zero-order valence-electron chi connectivity index (χ0n) is 9.62. The Morgan fingerprint density at radius 3 is 2.43 bits per heavy atom. The Morgan fingerprint density at radius 2 is 2.00 bits per heavy atom. The highest BCUT2D eigenvalue weighted by atomic mass is 15.1. The van der Waals surface area contributed by atoms with Gasteiger partial charge in [0.2, 0.25) is 0 Å². The molecule has 0 fully saturated rings. The van der Waals surface area contributed by atoms with E-state index in [2.05, 4.69) is 44.0 Å². The van der Waals surface area contributed by atoms with E-state index in [-0.39, 0.29) is 0 Å². The second-order valence-electron chi connectivity index (χ2n) is 4.88. The Hall–Kier alpha value is -0.920. The van der Waals surface area contributed by atoms with Crippen molar-refractivity contribution in [2.45, 2.75) is 46.5 Å². The van der Waals surface area contributed by atoms with E-state index in [9.17, 15) is 0 Å². The lowest BCUT2D eigenvalue weighted by Gasteiger charge is -2.30.